The summed E-state index contributed by atoms with van der Waals surface area (Å²) in [5.74, 6) is -1.05. The zero-order chi connectivity index (χ0) is 13.1. The number of aliphatic carboxylic acids is 1. The van der Waals surface area contributed by atoms with Crippen LogP contribution in [0, 0.1) is 6.92 Å². The van der Waals surface area contributed by atoms with Crippen molar-refractivity contribution in [1.82, 2.24) is 5.32 Å². The number of nitrogens with one attached hydrogen (secondary N) is 1. The van der Waals surface area contributed by atoms with Crippen LogP contribution in [0.25, 0.3) is 0 Å². The molecule has 1 aromatic carbocycles. The second kappa shape index (κ2) is 5.48. The summed E-state index contributed by atoms with van der Waals surface area (Å²) in [4.78, 5) is 10.8. The molecule has 1 heterocycles. The molecule has 0 saturated carbocycles. The summed E-state index contributed by atoms with van der Waals surface area (Å²) < 4.78 is 5.55. The molecule has 0 bridgehead atoms. The molecule has 0 amide bonds. The zero-order valence-electron chi connectivity index (χ0n) is 10.2. The lowest BCUT2D eigenvalue weighted by atomic mass is 10.1. The van der Waals surface area contributed by atoms with Crippen molar-refractivity contribution in [2.75, 3.05) is 6.54 Å². The monoisotopic (exact) mass is 251 g/mol. The molecular formula is C13H17NO4. The Kier molecular flexibility index (Phi) is 3.96. The molecule has 2 rings (SSSR count). The number of hydrogen-bond acceptors (Lipinski definition) is 4. The standard InChI is InChI=1S/C13H17NO4/c1-8-2-4-9(5-3-8)7-18-10-6-14-11(12(10)15)13(16)17/h2-5,10-12,14-15H,6-7H2,1H3,(H,16,17)/t10?,11-,12?/m0/s1. The van der Waals surface area contributed by atoms with Crippen LogP contribution in [0.4, 0.5) is 0 Å². The highest BCUT2D eigenvalue weighted by Gasteiger charge is 2.39. The number of ether oxygens (including phenoxy) is 1. The van der Waals surface area contributed by atoms with Crippen LogP contribution in [0.15, 0.2) is 24.3 Å². The molecule has 18 heavy (non-hydrogen) atoms. The molecule has 98 valence electrons. The third kappa shape index (κ3) is 2.87. The summed E-state index contributed by atoms with van der Waals surface area (Å²) in [6.45, 7) is 2.73. The third-order valence-corrected chi connectivity index (χ3v) is 3.11. The van der Waals surface area contributed by atoms with E-state index in [4.69, 9.17) is 9.84 Å². The predicted molar refractivity (Wildman–Crippen MR) is 65.2 cm³/mol. The average Bonchev–Trinajstić information content (AvgIpc) is 2.70. The van der Waals surface area contributed by atoms with Crippen LogP contribution >= 0.6 is 0 Å². The first kappa shape index (κ1) is 13.0. The van der Waals surface area contributed by atoms with E-state index in [-0.39, 0.29) is 0 Å². The molecule has 5 heteroatoms. The summed E-state index contributed by atoms with van der Waals surface area (Å²) in [7, 11) is 0. The molecule has 1 fully saturated rings. The normalized spacial score (nSPS) is 27.3. The van der Waals surface area contributed by atoms with Crippen molar-refractivity contribution in [3.8, 4) is 0 Å². The molecule has 3 atom stereocenters. The topological polar surface area (TPSA) is 78.8 Å². The first-order valence-electron chi connectivity index (χ1n) is 5.89. The number of aliphatic hydroxyl groups is 1. The highest BCUT2D eigenvalue weighted by atomic mass is 16.5. The van der Waals surface area contributed by atoms with Crippen molar-refractivity contribution in [2.24, 2.45) is 0 Å². The minimum absolute atomic E-state index is 0.351. The van der Waals surface area contributed by atoms with E-state index in [1.54, 1.807) is 0 Å². The lowest BCUT2D eigenvalue weighted by Gasteiger charge is -2.16. The Balaban J connectivity index is 1.88. The number of carboxylic acids is 1. The summed E-state index contributed by atoms with van der Waals surface area (Å²) in [5, 5.41) is 21.3. The maximum Gasteiger partial charge on any atom is 0.323 e. The van der Waals surface area contributed by atoms with Crippen molar-refractivity contribution in [1.29, 1.82) is 0 Å². The number of benzene rings is 1. The van der Waals surface area contributed by atoms with Crippen molar-refractivity contribution in [3.05, 3.63) is 35.4 Å². The fourth-order valence-electron chi connectivity index (χ4n) is 1.98. The fraction of sp³-hybridized carbons (Fsp3) is 0.462. The van der Waals surface area contributed by atoms with E-state index in [0.717, 1.165) is 5.56 Å². The van der Waals surface area contributed by atoms with Crippen LogP contribution in [-0.2, 0) is 16.1 Å². The van der Waals surface area contributed by atoms with Gasteiger partial charge in [0.15, 0.2) is 0 Å². The minimum Gasteiger partial charge on any atom is -0.480 e. The average molecular weight is 251 g/mol. The second-order valence-corrected chi connectivity index (χ2v) is 4.55. The number of carboxylic acid groups (broad SMARTS) is 1. The molecule has 1 saturated heterocycles. The first-order valence-corrected chi connectivity index (χ1v) is 5.89. The molecule has 3 N–H and O–H groups in total. The van der Waals surface area contributed by atoms with E-state index in [0.29, 0.717) is 13.2 Å². The summed E-state index contributed by atoms with van der Waals surface area (Å²) in [5.41, 5.74) is 2.18. The van der Waals surface area contributed by atoms with E-state index < -0.39 is 24.2 Å². The van der Waals surface area contributed by atoms with Gasteiger partial charge in [-0.2, -0.15) is 0 Å². The van der Waals surface area contributed by atoms with Gasteiger partial charge in [0.1, 0.15) is 12.1 Å². The van der Waals surface area contributed by atoms with Crippen LogP contribution in [0.2, 0.25) is 0 Å². The molecule has 2 unspecified atom stereocenters. The minimum atomic E-state index is -1.05. The molecule has 5 nitrogen and oxygen atoms in total. The van der Waals surface area contributed by atoms with Gasteiger partial charge in [-0.25, -0.2) is 0 Å². The van der Waals surface area contributed by atoms with E-state index >= 15 is 0 Å². The van der Waals surface area contributed by atoms with E-state index in [9.17, 15) is 9.90 Å². The van der Waals surface area contributed by atoms with Gasteiger partial charge in [0, 0.05) is 6.54 Å². The molecule has 0 spiro atoms. The van der Waals surface area contributed by atoms with Gasteiger partial charge in [-0.3, -0.25) is 10.1 Å². The van der Waals surface area contributed by atoms with Crippen molar-refractivity contribution >= 4 is 5.97 Å². The van der Waals surface area contributed by atoms with Gasteiger partial charge < -0.3 is 14.9 Å². The molecule has 1 aliphatic heterocycles. The van der Waals surface area contributed by atoms with Crippen molar-refractivity contribution < 1.29 is 19.7 Å². The Morgan fingerprint density at radius 3 is 2.67 bits per heavy atom. The Labute approximate surface area is 105 Å². The lowest BCUT2D eigenvalue weighted by Crippen LogP contribution is -2.40. The Morgan fingerprint density at radius 2 is 2.11 bits per heavy atom. The Morgan fingerprint density at radius 1 is 1.44 bits per heavy atom. The van der Waals surface area contributed by atoms with Gasteiger partial charge in [-0.05, 0) is 12.5 Å². The third-order valence-electron chi connectivity index (χ3n) is 3.11. The quantitative estimate of drug-likeness (QED) is 0.717. The lowest BCUT2D eigenvalue weighted by molar-refractivity contribution is -0.142. The smallest absolute Gasteiger partial charge is 0.323 e. The first-order chi connectivity index (χ1) is 8.58. The Bertz CT molecular complexity index is 418. The van der Waals surface area contributed by atoms with Gasteiger partial charge in [-0.15, -0.1) is 0 Å². The largest absolute Gasteiger partial charge is 0.480 e. The summed E-state index contributed by atoms with van der Waals surface area (Å²) in [6, 6.07) is 6.95. The second-order valence-electron chi connectivity index (χ2n) is 4.55. The van der Waals surface area contributed by atoms with Crippen LogP contribution in [0.3, 0.4) is 0 Å². The van der Waals surface area contributed by atoms with Gasteiger partial charge in [0.2, 0.25) is 0 Å². The molecule has 0 radical (unpaired) electrons. The molecule has 0 aromatic heterocycles. The number of aliphatic hydroxyl groups excluding tert-OH is 1. The van der Waals surface area contributed by atoms with Crippen LogP contribution in [-0.4, -0.2) is 41.0 Å². The van der Waals surface area contributed by atoms with Gasteiger partial charge in [0.25, 0.3) is 0 Å². The van der Waals surface area contributed by atoms with Gasteiger partial charge in [0.05, 0.1) is 12.7 Å². The highest BCUT2D eigenvalue weighted by Crippen LogP contribution is 2.14. The Hall–Kier alpha value is -1.43. The van der Waals surface area contributed by atoms with Crippen LogP contribution in [0.5, 0.6) is 0 Å². The fourth-order valence-corrected chi connectivity index (χ4v) is 1.98. The molecule has 1 aromatic rings. The number of carbonyl (C=O) groups is 1. The summed E-state index contributed by atoms with van der Waals surface area (Å²) in [6.07, 6.45) is -1.49. The SMILES string of the molecule is Cc1ccc(COC2CN[C@H](C(=O)O)C2O)cc1. The molecular weight excluding hydrogens is 234 g/mol. The predicted octanol–water partition coefficient (Wildman–Crippen LogP) is 0.298. The van der Waals surface area contributed by atoms with E-state index in [1.165, 1.54) is 5.56 Å². The summed E-state index contributed by atoms with van der Waals surface area (Å²) >= 11 is 0. The van der Waals surface area contributed by atoms with E-state index in [1.807, 2.05) is 31.2 Å². The highest BCUT2D eigenvalue weighted by molar-refractivity contribution is 5.74. The van der Waals surface area contributed by atoms with Crippen LogP contribution in [0.1, 0.15) is 11.1 Å². The van der Waals surface area contributed by atoms with Gasteiger partial charge in [-0.1, -0.05) is 29.8 Å². The van der Waals surface area contributed by atoms with Crippen molar-refractivity contribution in [2.45, 2.75) is 31.8 Å². The number of rotatable bonds is 4. The van der Waals surface area contributed by atoms with E-state index in [2.05, 4.69) is 5.32 Å². The number of aryl methyl sites for hydroxylation is 1. The molecule has 1 aliphatic rings. The van der Waals surface area contributed by atoms with Gasteiger partial charge >= 0.3 is 5.97 Å². The maximum absolute atomic E-state index is 10.8. The molecule has 0 aliphatic carbocycles. The van der Waals surface area contributed by atoms with Crippen LogP contribution < -0.4 is 5.32 Å². The zero-order valence-corrected chi connectivity index (χ0v) is 10.2. The number of hydrogen-bond donors (Lipinski definition) is 3. The maximum atomic E-state index is 10.8. The van der Waals surface area contributed by atoms with Crippen molar-refractivity contribution in [3.63, 3.8) is 0 Å².